The van der Waals surface area contributed by atoms with E-state index in [1.807, 2.05) is 19.1 Å². The van der Waals surface area contributed by atoms with Crippen molar-refractivity contribution in [1.82, 2.24) is 15.5 Å². The molecule has 2 aromatic carbocycles. The molecule has 2 N–H and O–H groups in total. The number of amides is 1. The Hall–Kier alpha value is -3.08. The van der Waals surface area contributed by atoms with Crippen LogP contribution in [0.5, 0.6) is 0 Å². The minimum atomic E-state index is -0.0425. The fraction of sp³-hybridized carbons (Fsp3) is 0.304. The van der Waals surface area contributed by atoms with Crippen molar-refractivity contribution in [2.24, 2.45) is 4.99 Å². The highest BCUT2D eigenvalue weighted by molar-refractivity contribution is 5.85. The molecular weight excluding hydrogens is 348 g/mol. The van der Waals surface area contributed by atoms with Crippen molar-refractivity contribution >= 4 is 11.9 Å². The molecule has 0 unspecified atom stereocenters. The van der Waals surface area contributed by atoms with Gasteiger partial charge in [0, 0.05) is 33.1 Å². The van der Waals surface area contributed by atoms with Gasteiger partial charge in [-0.2, -0.15) is 0 Å². The number of rotatable bonds is 8. The molecule has 0 aromatic heterocycles. The third kappa shape index (κ3) is 6.91. The molecule has 0 aliphatic heterocycles. The number of guanidine groups is 1. The van der Waals surface area contributed by atoms with E-state index >= 15 is 0 Å². The first kappa shape index (κ1) is 21.2. The highest BCUT2D eigenvalue weighted by Crippen LogP contribution is 2.23. The van der Waals surface area contributed by atoms with Crippen LogP contribution in [0.3, 0.4) is 0 Å². The van der Waals surface area contributed by atoms with Crippen LogP contribution in [-0.4, -0.2) is 50.5 Å². The third-order valence-corrected chi connectivity index (χ3v) is 4.31. The first-order valence-electron chi connectivity index (χ1n) is 9.44. The summed E-state index contributed by atoms with van der Waals surface area (Å²) in [5, 5.41) is 6.63. The summed E-state index contributed by atoms with van der Waals surface area (Å²) >= 11 is 0. The topological polar surface area (TPSA) is 56.7 Å². The SMILES string of the molecule is C=C(C)CNC(=NCC(=O)N(C)C)NCC(c1ccccc1)c1ccccc1. The Labute approximate surface area is 168 Å². The van der Waals surface area contributed by atoms with Crippen molar-refractivity contribution in [3.8, 4) is 0 Å². The normalized spacial score (nSPS) is 11.2. The molecule has 0 aliphatic rings. The summed E-state index contributed by atoms with van der Waals surface area (Å²) in [5.41, 5.74) is 3.45. The van der Waals surface area contributed by atoms with Gasteiger partial charge in [0.15, 0.2) is 5.96 Å². The predicted octanol–water partition coefficient (Wildman–Crippen LogP) is 3.02. The number of nitrogens with one attached hydrogen (secondary N) is 2. The van der Waals surface area contributed by atoms with E-state index < -0.39 is 0 Å². The van der Waals surface area contributed by atoms with Crippen LogP contribution in [0.1, 0.15) is 24.0 Å². The molecule has 148 valence electrons. The lowest BCUT2D eigenvalue weighted by molar-refractivity contribution is -0.127. The summed E-state index contributed by atoms with van der Waals surface area (Å²) in [6.45, 7) is 7.23. The fourth-order valence-corrected chi connectivity index (χ4v) is 2.69. The Bertz CT molecular complexity index is 745. The molecule has 5 heteroatoms. The largest absolute Gasteiger partial charge is 0.355 e. The summed E-state index contributed by atoms with van der Waals surface area (Å²) in [6, 6.07) is 20.8. The Balaban J connectivity index is 2.16. The van der Waals surface area contributed by atoms with Gasteiger partial charge in [-0.1, -0.05) is 72.8 Å². The maximum absolute atomic E-state index is 11.9. The lowest BCUT2D eigenvalue weighted by Gasteiger charge is -2.21. The average Bonchev–Trinajstić information content (AvgIpc) is 2.70. The molecule has 2 aromatic rings. The smallest absolute Gasteiger partial charge is 0.243 e. The second-order valence-corrected chi connectivity index (χ2v) is 7.02. The van der Waals surface area contributed by atoms with E-state index in [4.69, 9.17) is 0 Å². The van der Waals surface area contributed by atoms with Crippen LogP contribution in [0.15, 0.2) is 77.8 Å². The molecular formula is C23H30N4O. The minimum Gasteiger partial charge on any atom is -0.355 e. The zero-order valence-corrected chi connectivity index (χ0v) is 17.0. The van der Waals surface area contributed by atoms with E-state index in [1.165, 1.54) is 16.0 Å². The molecule has 0 spiro atoms. The lowest BCUT2D eigenvalue weighted by atomic mass is 9.91. The van der Waals surface area contributed by atoms with E-state index in [2.05, 4.69) is 70.7 Å². The summed E-state index contributed by atoms with van der Waals surface area (Å²) < 4.78 is 0. The van der Waals surface area contributed by atoms with Crippen LogP contribution < -0.4 is 10.6 Å². The second-order valence-electron chi connectivity index (χ2n) is 7.02. The Morgan fingerprint density at radius 2 is 1.54 bits per heavy atom. The number of hydrogen-bond donors (Lipinski definition) is 2. The predicted molar refractivity (Wildman–Crippen MR) is 117 cm³/mol. The zero-order valence-electron chi connectivity index (χ0n) is 17.0. The molecule has 0 heterocycles. The molecule has 2 rings (SSSR count). The van der Waals surface area contributed by atoms with Gasteiger partial charge >= 0.3 is 0 Å². The van der Waals surface area contributed by atoms with Crippen molar-refractivity contribution in [2.45, 2.75) is 12.8 Å². The number of likely N-dealkylation sites (N-methyl/N-ethyl adjacent to an activating group) is 1. The Morgan fingerprint density at radius 3 is 2.00 bits per heavy atom. The van der Waals surface area contributed by atoms with Gasteiger partial charge in [0.05, 0.1) is 0 Å². The molecule has 0 saturated carbocycles. The van der Waals surface area contributed by atoms with Crippen LogP contribution in [0, 0.1) is 0 Å². The van der Waals surface area contributed by atoms with Gasteiger partial charge in [-0.15, -0.1) is 0 Å². The van der Waals surface area contributed by atoms with Gasteiger partial charge in [-0.3, -0.25) is 4.79 Å². The lowest BCUT2D eigenvalue weighted by Crippen LogP contribution is -2.41. The van der Waals surface area contributed by atoms with Gasteiger partial charge in [0.2, 0.25) is 5.91 Å². The first-order chi connectivity index (χ1) is 13.5. The number of carbonyl (C=O) groups is 1. The number of nitrogens with zero attached hydrogens (tertiary/aromatic N) is 2. The van der Waals surface area contributed by atoms with Crippen LogP contribution >= 0.6 is 0 Å². The molecule has 1 amide bonds. The highest BCUT2D eigenvalue weighted by Gasteiger charge is 2.15. The molecule has 0 atom stereocenters. The maximum Gasteiger partial charge on any atom is 0.243 e. The van der Waals surface area contributed by atoms with Crippen LogP contribution in [-0.2, 0) is 4.79 Å². The maximum atomic E-state index is 11.9. The standard InChI is InChI=1S/C23H30N4O/c1-18(2)15-24-23(26-17-22(28)27(3)4)25-16-21(19-11-7-5-8-12-19)20-13-9-6-10-14-20/h5-14,21H,1,15-17H2,2-4H3,(H2,24,25,26). The second kappa shape index (κ2) is 10.9. The summed E-state index contributed by atoms with van der Waals surface area (Å²) in [6.07, 6.45) is 0. The van der Waals surface area contributed by atoms with E-state index in [9.17, 15) is 4.79 Å². The summed E-state index contributed by atoms with van der Waals surface area (Å²) in [7, 11) is 3.46. The van der Waals surface area contributed by atoms with Crippen molar-refractivity contribution in [1.29, 1.82) is 0 Å². The number of carbonyl (C=O) groups excluding carboxylic acids is 1. The number of aliphatic imine (C=N–C) groups is 1. The number of benzene rings is 2. The number of hydrogen-bond acceptors (Lipinski definition) is 2. The molecule has 0 bridgehead atoms. The zero-order chi connectivity index (χ0) is 20.4. The van der Waals surface area contributed by atoms with Gasteiger partial charge in [0.25, 0.3) is 0 Å². The third-order valence-electron chi connectivity index (χ3n) is 4.31. The van der Waals surface area contributed by atoms with E-state index in [0.717, 1.165) is 5.57 Å². The van der Waals surface area contributed by atoms with E-state index in [0.29, 0.717) is 19.0 Å². The quantitative estimate of drug-likeness (QED) is 0.422. The van der Waals surface area contributed by atoms with Crippen molar-refractivity contribution < 1.29 is 4.79 Å². The molecule has 5 nitrogen and oxygen atoms in total. The molecule has 0 aliphatic carbocycles. The van der Waals surface area contributed by atoms with E-state index in [1.54, 1.807) is 14.1 Å². The monoisotopic (exact) mass is 378 g/mol. The molecule has 0 saturated heterocycles. The Kier molecular flexibility index (Phi) is 8.28. The minimum absolute atomic E-state index is 0.0425. The molecule has 28 heavy (non-hydrogen) atoms. The molecule has 0 radical (unpaired) electrons. The van der Waals surface area contributed by atoms with Crippen molar-refractivity contribution in [3.05, 3.63) is 83.9 Å². The summed E-state index contributed by atoms with van der Waals surface area (Å²) in [5.74, 6) is 0.734. The van der Waals surface area contributed by atoms with E-state index in [-0.39, 0.29) is 18.4 Å². The van der Waals surface area contributed by atoms with Crippen LogP contribution in [0.4, 0.5) is 0 Å². The highest BCUT2D eigenvalue weighted by atomic mass is 16.2. The van der Waals surface area contributed by atoms with Crippen molar-refractivity contribution in [3.63, 3.8) is 0 Å². The van der Waals surface area contributed by atoms with Gasteiger partial charge < -0.3 is 15.5 Å². The van der Waals surface area contributed by atoms with Gasteiger partial charge in [-0.25, -0.2) is 4.99 Å². The molecule has 0 fully saturated rings. The Morgan fingerprint density at radius 1 is 1.00 bits per heavy atom. The summed E-state index contributed by atoms with van der Waals surface area (Å²) in [4.78, 5) is 17.9. The average molecular weight is 379 g/mol. The van der Waals surface area contributed by atoms with Crippen LogP contribution in [0.2, 0.25) is 0 Å². The van der Waals surface area contributed by atoms with Crippen molar-refractivity contribution in [2.75, 3.05) is 33.7 Å². The van der Waals surface area contributed by atoms with Gasteiger partial charge in [0.1, 0.15) is 6.54 Å². The first-order valence-corrected chi connectivity index (χ1v) is 9.44. The van der Waals surface area contributed by atoms with Crippen LogP contribution in [0.25, 0.3) is 0 Å². The fourth-order valence-electron chi connectivity index (χ4n) is 2.69. The van der Waals surface area contributed by atoms with Gasteiger partial charge in [-0.05, 0) is 18.1 Å².